The Morgan fingerprint density at radius 2 is 1.94 bits per heavy atom. The first-order chi connectivity index (χ1) is 8.54. The van der Waals surface area contributed by atoms with Crippen LogP contribution in [0.15, 0.2) is 22.7 Å². The number of anilines is 1. The zero-order valence-corrected chi connectivity index (χ0v) is 13.7. The van der Waals surface area contributed by atoms with Crippen LogP contribution in [0, 0.1) is 0 Å². The minimum atomic E-state index is 0.368. The molecule has 102 valence electrons. The van der Waals surface area contributed by atoms with Crippen molar-refractivity contribution in [3.63, 3.8) is 0 Å². The number of hydrogen-bond donors (Lipinski definition) is 1. The third-order valence-corrected chi connectivity index (χ3v) is 4.37. The molecule has 1 aromatic carbocycles. The van der Waals surface area contributed by atoms with Gasteiger partial charge >= 0.3 is 0 Å². The van der Waals surface area contributed by atoms with Crippen LogP contribution < -0.4 is 10.2 Å². The summed E-state index contributed by atoms with van der Waals surface area (Å²) >= 11 is 3.69. The average Bonchev–Trinajstić information content (AvgIpc) is 2.38. The van der Waals surface area contributed by atoms with Crippen LogP contribution in [-0.4, -0.2) is 19.6 Å². The molecule has 1 N–H and O–H groups in total. The Morgan fingerprint density at radius 1 is 1.28 bits per heavy atom. The van der Waals surface area contributed by atoms with Gasteiger partial charge in [0.15, 0.2) is 0 Å². The van der Waals surface area contributed by atoms with Crippen molar-refractivity contribution < 1.29 is 0 Å². The quantitative estimate of drug-likeness (QED) is 0.840. The number of nitrogens with zero attached hydrogens (tertiary/aromatic N) is 1. The van der Waals surface area contributed by atoms with Crippen molar-refractivity contribution >= 4 is 21.6 Å². The van der Waals surface area contributed by atoms with E-state index in [2.05, 4.69) is 72.0 Å². The fourth-order valence-electron chi connectivity index (χ4n) is 2.17. The summed E-state index contributed by atoms with van der Waals surface area (Å²) in [6.45, 7) is 9.94. The monoisotopic (exact) mass is 312 g/mol. The minimum absolute atomic E-state index is 0.368. The summed E-state index contributed by atoms with van der Waals surface area (Å²) in [5, 5.41) is 3.28. The van der Waals surface area contributed by atoms with E-state index in [-0.39, 0.29) is 0 Å². The molecule has 0 saturated carbocycles. The lowest BCUT2D eigenvalue weighted by Crippen LogP contribution is -2.32. The van der Waals surface area contributed by atoms with E-state index in [9.17, 15) is 0 Å². The van der Waals surface area contributed by atoms with Gasteiger partial charge in [-0.15, -0.1) is 0 Å². The van der Waals surface area contributed by atoms with Crippen molar-refractivity contribution in [1.82, 2.24) is 5.32 Å². The molecule has 0 bridgehead atoms. The average molecular weight is 313 g/mol. The topological polar surface area (TPSA) is 15.3 Å². The van der Waals surface area contributed by atoms with Crippen molar-refractivity contribution in [3.8, 4) is 0 Å². The summed E-state index contributed by atoms with van der Waals surface area (Å²) in [5.41, 5.74) is 2.60. The molecular weight excluding hydrogens is 288 g/mol. The minimum Gasteiger partial charge on any atom is -0.369 e. The van der Waals surface area contributed by atoms with Gasteiger partial charge in [0.2, 0.25) is 0 Å². The van der Waals surface area contributed by atoms with Gasteiger partial charge in [-0.3, -0.25) is 0 Å². The summed E-state index contributed by atoms with van der Waals surface area (Å²) in [5.74, 6) is 0. The van der Waals surface area contributed by atoms with Gasteiger partial charge in [0.1, 0.15) is 0 Å². The number of rotatable bonds is 6. The second-order valence-corrected chi connectivity index (χ2v) is 5.61. The van der Waals surface area contributed by atoms with Crippen molar-refractivity contribution in [2.24, 2.45) is 0 Å². The molecular formula is C15H25BrN2. The van der Waals surface area contributed by atoms with Crippen molar-refractivity contribution in [2.75, 3.05) is 18.5 Å². The highest BCUT2D eigenvalue weighted by atomic mass is 79.9. The first-order valence-electron chi connectivity index (χ1n) is 6.78. The third-order valence-electron chi connectivity index (χ3n) is 3.68. The van der Waals surface area contributed by atoms with E-state index in [4.69, 9.17) is 0 Å². The first kappa shape index (κ1) is 15.5. The number of hydrogen-bond acceptors (Lipinski definition) is 2. The van der Waals surface area contributed by atoms with Crippen molar-refractivity contribution in [1.29, 1.82) is 0 Å². The van der Waals surface area contributed by atoms with E-state index >= 15 is 0 Å². The van der Waals surface area contributed by atoms with Crippen LogP contribution in [-0.2, 0) is 0 Å². The normalized spacial score (nSPS) is 14.3. The van der Waals surface area contributed by atoms with Crippen LogP contribution in [0.4, 0.5) is 5.69 Å². The Labute approximate surface area is 120 Å². The SMILES string of the molecule is CCC(C)N(CC)c1ccc(C(C)NC)c(Br)c1. The van der Waals surface area contributed by atoms with E-state index in [0.29, 0.717) is 12.1 Å². The van der Waals surface area contributed by atoms with Crippen molar-refractivity contribution in [3.05, 3.63) is 28.2 Å². The second-order valence-electron chi connectivity index (χ2n) is 4.76. The molecule has 1 rings (SSSR count). The zero-order valence-electron chi connectivity index (χ0n) is 12.1. The van der Waals surface area contributed by atoms with Gasteiger partial charge in [0.25, 0.3) is 0 Å². The number of benzene rings is 1. The van der Waals surface area contributed by atoms with Crippen LogP contribution in [0.3, 0.4) is 0 Å². The van der Waals surface area contributed by atoms with Gasteiger partial charge in [0.05, 0.1) is 0 Å². The molecule has 0 saturated heterocycles. The molecule has 1 aromatic rings. The largest absolute Gasteiger partial charge is 0.369 e. The Morgan fingerprint density at radius 3 is 2.39 bits per heavy atom. The lowest BCUT2D eigenvalue weighted by atomic mass is 10.1. The van der Waals surface area contributed by atoms with Crippen LogP contribution >= 0.6 is 15.9 Å². The van der Waals surface area contributed by atoms with E-state index in [1.165, 1.54) is 22.1 Å². The molecule has 0 amide bonds. The summed E-state index contributed by atoms with van der Waals surface area (Å²) in [6, 6.07) is 7.62. The molecule has 0 aromatic heterocycles. The molecule has 0 fully saturated rings. The van der Waals surface area contributed by atoms with E-state index in [1.807, 2.05) is 7.05 Å². The Balaban J connectivity index is 3.02. The predicted octanol–water partition coefficient (Wildman–Crippen LogP) is 4.35. The maximum Gasteiger partial charge on any atom is 0.0380 e. The Hall–Kier alpha value is -0.540. The molecule has 0 radical (unpaired) electrons. The molecule has 0 spiro atoms. The summed E-state index contributed by atoms with van der Waals surface area (Å²) in [6.07, 6.45) is 1.17. The van der Waals surface area contributed by atoms with E-state index in [0.717, 1.165) is 6.54 Å². The van der Waals surface area contributed by atoms with Gasteiger partial charge in [-0.1, -0.05) is 28.9 Å². The molecule has 2 unspecified atom stereocenters. The fraction of sp³-hybridized carbons (Fsp3) is 0.600. The van der Waals surface area contributed by atoms with Gasteiger partial charge in [0, 0.05) is 28.8 Å². The predicted molar refractivity (Wildman–Crippen MR) is 84.4 cm³/mol. The molecule has 2 nitrogen and oxygen atoms in total. The summed E-state index contributed by atoms with van der Waals surface area (Å²) < 4.78 is 1.18. The smallest absolute Gasteiger partial charge is 0.0380 e. The maximum absolute atomic E-state index is 3.69. The lowest BCUT2D eigenvalue weighted by Gasteiger charge is -2.30. The molecule has 3 heteroatoms. The van der Waals surface area contributed by atoms with Gasteiger partial charge in [-0.25, -0.2) is 0 Å². The zero-order chi connectivity index (χ0) is 13.7. The fourth-order valence-corrected chi connectivity index (χ4v) is 2.88. The van der Waals surface area contributed by atoms with Crippen molar-refractivity contribution in [2.45, 2.75) is 46.2 Å². The second kappa shape index (κ2) is 7.15. The highest BCUT2D eigenvalue weighted by Gasteiger charge is 2.14. The molecule has 2 atom stereocenters. The van der Waals surface area contributed by atoms with Crippen LogP contribution in [0.25, 0.3) is 0 Å². The van der Waals surface area contributed by atoms with Crippen LogP contribution in [0.5, 0.6) is 0 Å². The first-order valence-corrected chi connectivity index (χ1v) is 7.57. The van der Waals surface area contributed by atoms with Gasteiger partial charge in [-0.05, 0) is 51.9 Å². The standard InChI is InChI=1S/C15H25BrN2/c1-6-11(3)18(7-2)13-8-9-14(12(4)17-5)15(16)10-13/h8-12,17H,6-7H2,1-5H3. The molecule has 18 heavy (non-hydrogen) atoms. The summed E-state index contributed by atoms with van der Waals surface area (Å²) in [4.78, 5) is 2.44. The van der Waals surface area contributed by atoms with Crippen LogP contribution in [0.1, 0.15) is 45.7 Å². The van der Waals surface area contributed by atoms with Crippen LogP contribution in [0.2, 0.25) is 0 Å². The van der Waals surface area contributed by atoms with Gasteiger partial charge in [-0.2, -0.15) is 0 Å². The highest BCUT2D eigenvalue weighted by Crippen LogP contribution is 2.29. The highest BCUT2D eigenvalue weighted by molar-refractivity contribution is 9.10. The summed E-state index contributed by atoms with van der Waals surface area (Å²) in [7, 11) is 1.99. The van der Waals surface area contributed by atoms with E-state index < -0.39 is 0 Å². The molecule has 0 heterocycles. The van der Waals surface area contributed by atoms with Gasteiger partial charge < -0.3 is 10.2 Å². The number of halogens is 1. The maximum atomic E-state index is 3.69. The Kier molecular flexibility index (Phi) is 6.16. The molecule has 0 aliphatic carbocycles. The van der Waals surface area contributed by atoms with E-state index in [1.54, 1.807) is 0 Å². The molecule has 0 aliphatic heterocycles. The third kappa shape index (κ3) is 3.48. The lowest BCUT2D eigenvalue weighted by molar-refractivity contribution is 0.627. The molecule has 0 aliphatic rings. The Bertz CT molecular complexity index is 379. The number of nitrogens with one attached hydrogen (secondary N) is 1.